The third-order valence-electron chi connectivity index (χ3n) is 2.45. The van der Waals surface area contributed by atoms with Gasteiger partial charge in [0.05, 0.1) is 0 Å². The Hall–Kier alpha value is -1.36. The first kappa shape index (κ1) is 12.7. The third-order valence-corrected chi connectivity index (χ3v) is 4.73. The zero-order valence-corrected chi connectivity index (χ0v) is 12.2. The van der Waals surface area contributed by atoms with E-state index in [1.165, 1.54) is 0 Å². The summed E-state index contributed by atoms with van der Waals surface area (Å²) in [6.45, 7) is 0. The molecule has 0 spiro atoms. The summed E-state index contributed by atoms with van der Waals surface area (Å²) in [5.41, 5.74) is 1.10. The summed E-state index contributed by atoms with van der Waals surface area (Å²) in [4.78, 5) is 1.11. The quantitative estimate of drug-likeness (QED) is 0.680. The van der Waals surface area contributed by atoms with Crippen LogP contribution in [0.25, 0.3) is 10.6 Å². The van der Waals surface area contributed by atoms with Crippen LogP contribution in [-0.2, 0) is 0 Å². The SMILES string of the molecule is Clc1ccc(Sc2nnc(-c3ccccc3)s2)cc1. The van der Waals surface area contributed by atoms with Gasteiger partial charge in [0.25, 0.3) is 0 Å². The van der Waals surface area contributed by atoms with Crippen LogP contribution in [0.1, 0.15) is 0 Å². The highest BCUT2D eigenvalue weighted by atomic mass is 35.5. The van der Waals surface area contributed by atoms with Gasteiger partial charge in [0.15, 0.2) is 4.34 Å². The molecule has 3 aromatic rings. The van der Waals surface area contributed by atoms with Crippen molar-refractivity contribution < 1.29 is 0 Å². The van der Waals surface area contributed by atoms with Crippen LogP contribution in [0, 0.1) is 0 Å². The van der Waals surface area contributed by atoms with Crippen molar-refractivity contribution in [3.05, 3.63) is 59.6 Å². The zero-order chi connectivity index (χ0) is 13.1. The summed E-state index contributed by atoms with van der Waals surface area (Å²) in [5.74, 6) is 0. The molecule has 0 saturated heterocycles. The van der Waals surface area contributed by atoms with Crippen molar-refractivity contribution >= 4 is 34.7 Å². The molecule has 2 aromatic carbocycles. The van der Waals surface area contributed by atoms with Gasteiger partial charge in [-0.1, -0.05) is 65.0 Å². The third kappa shape index (κ3) is 3.15. The second kappa shape index (κ2) is 5.74. The predicted octanol–water partition coefficient (Wildman–Crippen LogP) is 5.01. The highest BCUT2D eigenvalue weighted by Gasteiger charge is 2.07. The van der Waals surface area contributed by atoms with E-state index in [2.05, 4.69) is 10.2 Å². The summed E-state index contributed by atoms with van der Waals surface area (Å²) in [7, 11) is 0. The fourth-order valence-electron chi connectivity index (χ4n) is 1.55. The molecule has 0 aliphatic rings. The van der Waals surface area contributed by atoms with Gasteiger partial charge >= 0.3 is 0 Å². The van der Waals surface area contributed by atoms with E-state index in [-0.39, 0.29) is 0 Å². The molecule has 0 radical (unpaired) electrons. The fourth-order valence-corrected chi connectivity index (χ4v) is 3.51. The molecule has 0 atom stereocenters. The molecule has 0 fully saturated rings. The first-order chi connectivity index (χ1) is 9.31. The van der Waals surface area contributed by atoms with Crippen LogP contribution < -0.4 is 0 Å². The molecular weight excluding hydrogens is 296 g/mol. The van der Waals surface area contributed by atoms with Gasteiger partial charge in [-0.3, -0.25) is 0 Å². The molecule has 19 heavy (non-hydrogen) atoms. The highest BCUT2D eigenvalue weighted by molar-refractivity contribution is 8.01. The van der Waals surface area contributed by atoms with E-state index in [4.69, 9.17) is 11.6 Å². The molecule has 0 aliphatic heterocycles. The average molecular weight is 305 g/mol. The molecule has 5 heteroatoms. The summed E-state index contributed by atoms with van der Waals surface area (Å²) in [6, 6.07) is 17.8. The van der Waals surface area contributed by atoms with Crippen molar-refractivity contribution in [2.45, 2.75) is 9.24 Å². The van der Waals surface area contributed by atoms with E-state index in [1.54, 1.807) is 23.1 Å². The molecule has 1 heterocycles. The maximum atomic E-state index is 5.86. The monoisotopic (exact) mass is 304 g/mol. The fraction of sp³-hybridized carbons (Fsp3) is 0. The van der Waals surface area contributed by atoms with Gasteiger partial charge < -0.3 is 0 Å². The van der Waals surface area contributed by atoms with Crippen molar-refractivity contribution in [3.63, 3.8) is 0 Å². The van der Waals surface area contributed by atoms with Crippen molar-refractivity contribution in [3.8, 4) is 10.6 Å². The lowest BCUT2D eigenvalue weighted by molar-refractivity contribution is 1.01. The van der Waals surface area contributed by atoms with Crippen LogP contribution in [0.15, 0.2) is 63.8 Å². The molecule has 0 amide bonds. The van der Waals surface area contributed by atoms with Gasteiger partial charge in [-0.05, 0) is 24.3 Å². The molecule has 3 rings (SSSR count). The summed E-state index contributed by atoms with van der Waals surface area (Å²) >= 11 is 9.06. The summed E-state index contributed by atoms with van der Waals surface area (Å²) in [6.07, 6.45) is 0. The lowest BCUT2D eigenvalue weighted by Gasteiger charge is -1.96. The standard InChI is InChI=1S/C14H9ClN2S2/c15-11-6-8-12(9-7-11)18-14-17-16-13(19-14)10-4-2-1-3-5-10/h1-9H. The number of hydrogen-bond donors (Lipinski definition) is 0. The van der Waals surface area contributed by atoms with Gasteiger partial charge in [-0.15, -0.1) is 10.2 Å². The lowest BCUT2D eigenvalue weighted by atomic mass is 10.2. The van der Waals surface area contributed by atoms with E-state index >= 15 is 0 Å². The number of hydrogen-bond acceptors (Lipinski definition) is 4. The minimum atomic E-state index is 0.742. The number of nitrogens with zero attached hydrogens (tertiary/aromatic N) is 2. The second-order valence-electron chi connectivity index (χ2n) is 3.80. The Morgan fingerprint density at radius 1 is 0.895 bits per heavy atom. The second-order valence-corrected chi connectivity index (χ2v) is 6.53. The van der Waals surface area contributed by atoms with Gasteiger partial charge in [-0.2, -0.15) is 0 Å². The Morgan fingerprint density at radius 2 is 1.63 bits per heavy atom. The minimum absolute atomic E-state index is 0.742. The molecule has 1 aromatic heterocycles. The molecule has 0 saturated carbocycles. The predicted molar refractivity (Wildman–Crippen MR) is 80.9 cm³/mol. The largest absolute Gasteiger partial charge is 0.179 e. The van der Waals surface area contributed by atoms with Crippen LogP contribution in [0.5, 0.6) is 0 Å². The van der Waals surface area contributed by atoms with Crippen LogP contribution in [0.2, 0.25) is 5.02 Å². The lowest BCUT2D eigenvalue weighted by Crippen LogP contribution is -1.75. The molecule has 0 bridgehead atoms. The summed E-state index contributed by atoms with van der Waals surface area (Å²) < 4.78 is 0.932. The molecule has 2 nitrogen and oxygen atoms in total. The molecule has 0 unspecified atom stereocenters. The smallest absolute Gasteiger partial charge is 0.137 e. The molecule has 94 valence electrons. The molecule has 0 aliphatic carbocycles. The Labute approximate surface area is 124 Å². The normalized spacial score (nSPS) is 10.6. The van der Waals surface area contributed by atoms with Crippen molar-refractivity contribution in [2.24, 2.45) is 0 Å². The van der Waals surface area contributed by atoms with E-state index in [0.717, 1.165) is 24.8 Å². The summed E-state index contributed by atoms with van der Waals surface area (Å²) in [5, 5.41) is 10.1. The van der Waals surface area contributed by atoms with Gasteiger partial charge in [0.1, 0.15) is 5.01 Å². The Bertz CT molecular complexity index is 665. The highest BCUT2D eigenvalue weighted by Crippen LogP contribution is 2.33. The van der Waals surface area contributed by atoms with E-state index in [9.17, 15) is 0 Å². The van der Waals surface area contributed by atoms with E-state index in [1.807, 2.05) is 54.6 Å². The first-order valence-electron chi connectivity index (χ1n) is 5.63. The molecular formula is C14H9ClN2S2. The van der Waals surface area contributed by atoms with Gasteiger partial charge in [0, 0.05) is 15.5 Å². The van der Waals surface area contributed by atoms with Gasteiger partial charge in [0.2, 0.25) is 0 Å². The maximum absolute atomic E-state index is 5.86. The average Bonchev–Trinajstić information content (AvgIpc) is 2.91. The Morgan fingerprint density at radius 3 is 2.37 bits per heavy atom. The van der Waals surface area contributed by atoms with Crippen molar-refractivity contribution in [1.29, 1.82) is 0 Å². The minimum Gasteiger partial charge on any atom is -0.137 e. The van der Waals surface area contributed by atoms with Gasteiger partial charge in [-0.25, -0.2) is 0 Å². The van der Waals surface area contributed by atoms with E-state index in [0.29, 0.717) is 0 Å². The Kier molecular flexibility index (Phi) is 3.82. The number of rotatable bonds is 3. The number of aromatic nitrogens is 2. The van der Waals surface area contributed by atoms with Crippen molar-refractivity contribution in [2.75, 3.05) is 0 Å². The zero-order valence-electron chi connectivity index (χ0n) is 9.79. The van der Waals surface area contributed by atoms with Crippen LogP contribution >= 0.6 is 34.7 Å². The number of benzene rings is 2. The number of halogens is 1. The van der Waals surface area contributed by atoms with Crippen LogP contribution in [-0.4, -0.2) is 10.2 Å². The topological polar surface area (TPSA) is 25.8 Å². The van der Waals surface area contributed by atoms with Crippen LogP contribution in [0.3, 0.4) is 0 Å². The van der Waals surface area contributed by atoms with Crippen LogP contribution in [0.4, 0.5) is 0 Å². The van der Waals surface area contributed by atoms with Crippen molar-refractivity contribution in [1.82, 2.24) is 10.2 Å². The van der Waals surface area contributed by atoms with E-state index < -0.39 is 0 Å². The Balaban J connectivity index is 1.80. The first-order valence-corrected chi connectivity index (χ1v) is 7.65. The molecule has 0 N–H and O–H groups in total. The maximum Gasteiger partial charge on any atom is 0.179 e.